The van der Waals surface area contributed by atoms with Gasteiger partial charge in [-0.1, -0.05) is 24.3 Å². The molecule has 1 aromatic rings. The topological polar surface area (TPSA) is 81.2 Å². The minimum Gasteiger partial charge on any atom is -0.481 e. The standard InChI is InChI=1S/C18H27N3O4S/c1-19-8-10-20(11-9-19)26(24,25)21-7-6-17(14-21)12-15-2-4-16(5-3-15)13-18(22)23/h2-5,17H,6-14H2,1H3,(H,22,23). The van der Waals surface area contributed by atoms with Crippen LogP contribution in [0.5, 0.6) is 0 Å². The second-order valence-electron chi connectivity index (χ2n) is 7.31. The summed E-state index contributed by atoms with van der Waals surface area (Å²) in [4.78, 5) is 12.9. The minimum atomic E-state index is -3.36. The predicted octanol–water partition coefficient (Wildman–Crippen LogP) is 0.670. The van der Waals surface area contributed by atoms with Gasteiger partial charge in [0.25, 0.3) is 10.2 Å². The van der Waals surface area contributed by atoms with Crippen molar-refractivity contribution < 1.29 is 18.3 Å². The first-order valence-electron chi connectivity index (χ1n) is 9.08. The normalized spacial score (nSPS) is 23.3. The highest BCUT2D eigenvalue weighted by atomic mass is 32.2. The molecule has 1 unspecified atom stereocenters. The highest BCUT2D eigenvalue weighted by Crippen LogP contribution is 2.25. The monoisotopic (exact) mass is 381 g/mol. The van der Waals surface area contributed by atoms with Gasteiger partial charge in [-0.3, -0.25) is 4.79 Å². The molecule has 8 heteroatoms. The Morgan fingerprint density at radius 2 is 1.65 bits per heavy atom. The molecule has 144 valence electrons. The number of carbonyl (C=O) groups is 1. The van der Waals surface area contributed by atoms with Crippen LogP contribution < -0.4 is 0 Å². The number of piperazine rings is 1. The Balaban J connectivity index is 1.55. The fraction of sp³-hybridized carbons (Fsp3) is 0.611. The summed E-state index contributed by atoms with van der Waals surface area (Å²) in [5.41, 5.74) is 1.91. The van der Waals surface area contributed by atoms with Gasteiger partial charge in [-0.05, 0) is 36.9 Å². The average molecular weight is 381 g/mol. The molecule has 0 aromatic heterocycles. The summed E-state index contributed by atoms with van der Waals surface area (Å²) in [6, 6.07) is 7.60. The lowest BCUT2D eigenvalue weighted by Crippen LogP contribution is -2.51. The molecule has 1 atom stereocenters. The molecule has 0 radical (unpaired) electrons. The number of rotatable bonds is 6. The maximum Gasteiger partial charge on any atom is 0.307 e. The molecule has 1 aromatic carbocycles. The molecule has 26 heavy (non-hydrogen) atoms. The summed E-state index contributed by atoms with van der Waals surface area (Å²) in [6.07, 6.45) is 1.71. The minimum absolute atomic E-state index is 0.0285. The van der Waals surface area contributed by atoms with Gasteiger partial charge in [-0.2, -0.15) is 17.0 Å². The molecule has 0 aliphatic carbocycles. The molecule has 2 aliphatic rings. The van der Waals surface area contributed by atoms with Crippen LogP contribution in [0.15, 0.2) is 24.3 Å². The van der Waals surface area contributed by atoms with Crippen LogP contribution in [0.2, 0.25) is 0 Å². The summed E-state index contributed by atoms with van der Waals surface area (Å²) >= 11 is 0. The molecule has 2 saturated heterocycles. The Kier molecular flexibility index (Phi) is 5.96. The average Bonchev–Trinajstić information content (AvgIpc) is 3.06. The van der Waals surface area contributed by atoms with E-state index in [0.717, 1.165) is 37.1 Å². The van der Waals surface area contributed by atoms with E-state index in [-0.39, 0.29) is 6.42 Å². The van der Waals surface area contributed by atoms with Crippen molar-refractivity contribution in [3.05, 3.63) is 35.4 Å². The largest absolute Gasteiger partial charge is 0.481 e. The zero-order valence-corrected chi connectivity index (χ0v) is 16.0. The first kappa shape index (κ1) is 19.3. The van der Waals surface area contributed by atoms with E-state index in [1.807, 2.05) is 31.3 Å². The van der Waals surface area contributed by atoms with E-state index < -0.39 is 16.2 Å². The molecule has 2 heterocycles. The van der Waals surface area contributed by atoms with E-state index >= 15 is 0 Å². The van der Waals surface area contributed by atoms with Crippen LogP contribution in [0.25, 0.3) is 0 Å². The van der Waals surface area contributed by atoms with Crippen molar-refractivity contribution in [2.24, 2.45) is 5.92 Å². The first-order chi connectivity index (χ1) is 12.3. The molecule has 3 rings (SSSR count). The Bertz CT molecular complexity index is 727. The molecule has 0 saturated carbocycles. The third-order valence-electron chi connectivity index (χ3n) is 5.27. The number of hydrogen-bond donors (Lipinski definition) is 1. The molecular weight excluding hydrogens is 354 g/mol. The van der Waals surface area contributed by atoms with Crippen molar-refractivity contribution in [1.29, 1.82) is 0 Å². The lowest BCUT2D eigenvalue weighted by Gasteiger charge is -2.34. The van der Waals surface area contributed by atoms with E-state index in [0.29, 0.717) is 32.1 Å². The Labute approximate surface area is 155 Å². The molecule has 1 N–H and O–H groups in total. The van der Waals surface area contributed by atoms with Crippen molar-refractivity contribution in [1.82, 2.24) is 13.5 Å². The van der Waals surface area contributed by atoms with Crippen molar-refractivity contribution >= 4 is 16.2 Å². The molecular formula is C18H27N3O4S. The Morgan fingerprint density at radius 1 is 1.04 bits per heavy atom. The highest BCUT2D eigenvalue weighted by Gasteiger charge is 2.36. The number of likely N-dealkylation sites (N-methyl/N-ethyl adjacent to an activating group) is 1. The van der Waals surface area contributed by atoms with Crippen LogP contribution in [-0.2, 0) is 27.8 Å². The van der Waals surface area contributed by atoms with E-state index in [1.54, 1.807) is 8.61 Å². The van der Waals surface area contributed by atoms with Crippen LogP contribution in [0.4, 0.5) is 0 Å². The Morgan fingerprint density at radius 3 is 2.27 bits per heavy atom. The number of hydrogen-bond acceptors (Lipinski definition) is 4. The van der Waals surface area contributed by atoms with Crippen LogP contribution in [-0.4, -0.2) is 79.3 Å². The lowest BCUT2D eigenvalue weighted by molar-refractivity contribution is -0.136. The Hall–Kier alpha value is -1.48. The van der Waals surface area contributed by atoms with Crippen LogP contribution in [0.3, 0.4) is 0 Å². The molecule has 0 spiro atoms. The number of carboxylic acid groups (broad SMARTS) is 1. The number of aliphatic carboxylic acids is 1. The number of benzene rings is 1. The van der Waals surface area contributed by atoms with E-state index in [9.17, 15) is 13.2 Å². The summed E-state index contributed by atoms with van der Waals surface area (Å²) < 4.78 is 28.9. The number of carboxylic acids is 1. The summed E-state index contributed by atoms with van der Waals surface area (Å²) in [6.45, 7) is 3.82. The van der Waals surface area contributed by atoms with Gasteiger partial charge in [-0.25, -0.2) is 0 Å². The van der Waals surface area contributed by atoms with Crippen molar-refractivity contribution in [3.8, 4) is 0 Å². The quantitative estimate of drug-likeness (QED) is 0.783. The molecule has 2 fully saturated rings. The number of nitrogens with zero attached hydrogens (tertiary/aromatic N) is 3. The molecule has 2 aliphatic heterocycles. The summed E-state index contributed by atoms with van der Waals surface area (Å²) in [5, 5.41) is 8.82. The third kappa shape index (κ3) is 4.62. The van der Waals surface area contributed by atoms with Crippen molar-refractivity contribution in [3.63, 3.8) is 0 Å². The van der Waals surface area contributed by atoms with Gasteiger partial charge >= 0.3 is 5.97 Å². The van der Waals surface area contributed by atoms with E-state index in [2.05, 4.69) is 4.90 Å². The van der Waals surface area contributed by atoms with Gasteiger partial charge in [0.1, 0.15) is 0 Å². The van der Waals surface area contributed by atoms with Gasteiger partial charge < -0.3 is 10.0 Å². The SMILES string of the molecule is CN1CCN(S(=O)(=O)N2CCC(Cc3ccc(CC(=O)O)cc3)C2)CC1. The van der Waals surface area contributed by atoms with Crippen LogP contribution in [0.1, 0.15) is 17.5 Å². The zero-order chi connectivity index (χ0) is 18.7. The summed E-state index contributed by atoms with van der Waals surface area (Å²) in [5.74, 6) is -0.527. The van der Waals surface area contributed by atoms with Crippen molar-refractivity contribution in [2.45, 2.75) is 19.3 Å². The van der Waals surface area contributed by atoms with Gasteiger partial charge in [0, 0.05) is 39.3 Å². The second-order valence-corrected chi connectivity index (χ2v) is 9.24. The van der Waals surface area contributed by atoms with E-state index in [1.165, 1.54) is 0 Å². The highest BCUT2D eigenvalue weighted by molar-refractivity contribution is 7.86. The molecule has 0 bridgehead atoms. The van der Waals surface area contributed by atoms with Gasteiger partial charge in [-0.15, -0.1) is 0 Å². The van der Waals surface area contributed by atoms with Gasteiger partial charge in [0.15, 0.2) is 0 Å². The maximum absolute atomic E-state index is 12.8. The summed E-state index contributed by atoms with van der Waals surface area (Å²) in [7, 11) is -1.34. The third-order valence-corrected chi connectivity index (χ3v) is 7.27. The molecule has 0 amide bonds. The van der Waals surface area contributed by atoms with Crippen LogP contribution >= 0.6 is 0 Å². The van der Waals surface area contributed by atoms with Gasteiger partial charge in [0.05, 0.1) is 6.42 Å². The fourth-order valence-electron chi connectivity index (χ4n) is 3.66. The first-order valence-corrected chi connectivity index (χ1v) is 10.5. The fourth-order valence-corrected chi connectivity index (χ4v) is 5.34. The van der Waals surface area contributed by atoms with Crippen LogP contribution in [0, 0.1) is 5.92 Å². The van der Waals surface area contributed by atoms with E-state index in [4.69, 9.17) is 5.11 Å². The lowest BCUT2D eigenvalue weighted by atomic mass is 9.97. The van der Waals surface area contributed by atoms with Crippen molar-refractivity contribution in [2.75, 3.05) is 46.3 Å². The molecule has 7 nitrogen and oxygen atoms in total. The smallest absolute Gasteiger partial charge is 0.307 e. The predicted molar refractivity (Wildman–Crippen MR) is 99.2 cm³/mol. The zero-order valence-electron chi connectivity index (χ0n) is 15.2. The second kappa shape index (κ2) is 8.04. The van der Waals surface area contributed by atoms with Gasteiger partial charge in [0.2, 0.25) is 0 Å². The maximum atomic E-state index is 12.8.